The molecule has 0 aromatic heterocycles. The standard InChI is InChI=1S/C15H20O4/c1-14(2)6-8-9(12(14)17)7-15(3)13(19-15)11(18-4)5-10(8)16/h5,8-9,13H,6-7H2,1-4H3/b11-5+/t8-,9+,13-,15+/m0/s1. The summed E-state index contributed by atoms with van der Waals surface area (Å²) in [5.74, 6) is 0.402. The van der Waals surface area contributed by atoms with Crippen molar-refractivity contribution in [1.29, 1.82) is 0 Å². The third-order valence-electron chi connectivity index (χ3n) is 4.87. The molecule has 4 heteroatoms. The zero-order chi connectivity index (χ0) is 14.0. The predicted molar refractivity (Wildman–Crippen MR) is 68.4 cm³/mol. The highest BCUT2D eigenvalue weighted by atomic mass is 16.6. The van der Waals surface area contributed by atoms with E-state index >= 15 is 0 Å². The van der Waals surface area contributed by atoms with Crippen molar-refractivity contribution in [3.8, 4) is 0 Å². The second kappa shape index (κ2) is 3.69. The lowest BCUT2D eigenvalue weighted by Crippen LogP contribution is -2.31. The molecular formula is C15H20O4. The Hall–Kier alpha value is -1.16. The second-order valence-corrected chi connectivity index (χ2v) is 6.83. The Bertz CT molecular complexity index is 490. The molecule has 4 nitrogen and oxygen atoms in total. The van der Waals surface area contributed by atoms with Gasteiger partial charge in [-0.3, -0.25) is 9.59 Å². The van der Waals surface area contributed by atoms with E-state index in [1.54, 1.807) is 13.2 Å². The lowest BCUT2D eigenvalue weighted by Gasteiger charge is -2.21. The van der Waals surface area contributed by atoms with Crippen molar-refractivity contribution in [2.45, 2.75) is 45.3 Å². The third kappa shape index (κ3) is 1.76. The quantitative estimate of drug-likeness (QED) is 0.678. The van der Waals surface area contributed by atoms with E-state index in [1.807, 2.05) is 20.8 Å². The summed E-state index contributed by atoms with van der Waals surface area (Å²) in [5.41, 5.74) is -0.751. The Balaban J connectivity index is 2.00. The van der Waals surface area contributed by atoms with Crippen molar-refractivity contribution in [2.24, 2.45) is 17.3 Å². The number of hydrogen-bond donors (Lipinski definition) is 0. The number of epoxide rings is 1. The molecule has 1 saturated heterocycles. The summed E-state index contributed by atoms with van der Waals surface area (Å²) in [6, 6.07) is 0. The van der Waals surface area contributed by atoms with Crippen LogP contribution in [0.3, 0.4) is 0 Å². The van der Waals surface area contributed by atoms with Gasteiger partial charge in [-0.05, 0) is 19.8 Å². The van der Waals surface area contributed by atoms with Gasteiger partial charge < -0.3 is 9.47 Å². The first-order chi connectivity index (χ1) is 8.78. The molecule has 4 atom stereocenters. The lowest BCUT2D eigenvalue weighted by atomic mass is 9.80. The smallest absolute Gasteiger partial charge is 0.162 e. The van der Waals surface area contributed by atoms with Crippen LogP contribution >= 0.6 is 0 Å². The van der Waals surface area contributed by atoms with Gasteiger partial charge in [0.15, 0.2) is 5.78 Å². The number of Topliss-reactive ketones (excluding diaryl/α,β-unsaturated/α-hetero) is 1. The zero-order valence-electron chi connectivity index (χ0n) is 11.9. The van der Waals surface area contributed by atoms with Crippen molar-refractivity contribution in [3.05, 3.63) is 11.8 Å². The van der Waals surface area contributed by atoms with Crippen LogP contribution in [0.25, 0.3) is 0 Å². The van der Waals surface area contributed by atoms with E-state index < -0.39 is 5.41 Å². The number of fused-ring (bicyclic) bond motifs is 2. The monoisotopic (exact) mass is 264 g/mol. The van der Waals surface area contributed by atoms with Crippen LogP contribution in [0, 0.1) is 17.3 Å². The number of carbonyl (C=O) groups is 2. The maximum Gasteiger partial charge on any atom is 0.162 e. The maximum atomic E-state index is 12.5. The van der Waals surface area contributed by atoms with E-state index in [0.717, 1.165) is 0 Å². The molecule has 3 rings (SSSR count). The van der Waals surface area contributed by atoms with Crippen LogP contribution in [-0.4, -0.2) is 30.4 Å². The van der Waals surface area contributed by atoms with E-state index in [2.05, 4.69) is 0 Å². The summed E-state index contributed by atoms with van der Waals surface area (Å²) >= 11 is 0. The first kappa shape index (κ1) is 12.9. The van der Waals surface area contributed by atoms with Crippen molar-refractivity contribution in [3.63, 3.8) is 0 Å². The van der Waals surface area contributed by atoms with Gasteiger partial charge in [-0.25, -0.2) is 0 Å². The number of carbonyl (C=O) groups excluding carboxylic acids is 2. The van der Waals surface area contributed by atoms with E-state index in [9.17, 15) is 9.59 Å². The van der Waals surface area contributed by atoms with E-state index in [0.29, 0.717) is 18.6 Å². The Morgan fingerprint density at radius 2 is 1.89 bits per heavy atom. The normalized spacial score (nSPS) is 46.5. The van der Waals surface area contributed by atoms with Crippen LogP contribution in [0.5, 0.6) is 0 Å². The second-order valence-electron chi connectivity index (χ2n) is 6.83. The van der Waals surface area contributed by atoms with Gasteiger partial charge in [0, 0.05) is 23.3 Å². The molecule has 0 unspecified atom stereocenters. The lowest BCUT2D eigenvalue weighted by molar-refractivity contribution is -0.130. The topological polar surface area (TPSA) is 55.9 Å². The minimum Gasteiger partial charge on any atom is -0.498 e. The fraction of sp³-hybridized carbons (Fsp3) is 0.733. The summed E-state index contributed by atoms with van der Waals surface area (Å²) in [6.07, 6.45) is 2.63. The van der Waals surface area contributed by atoms with E-state index in [1.165, 1.54) is 0 Å². The zero-order valence-corrected chi connectivity index (χ0v) is 11.9. The van der Waals surface area contributed by atoms with Gasteiger partial charge in [-0.2, -0.15) is 0 Å². The molecule has 19 heavy (non-hydrogen) atoms. The van der Waals surface area contributed by atoms with Crippen molar-refractivity contribution < 1.29 is 19.1 Å². The number of allylic oxidation sites excluding steroid dienone is 1. The average Bonchev–Trinajstić information content (AvgIpc) is 2.93. The highest BCUT2D eigenvalue weighted by molar-refractivity contribution is 6.01. The largest absolute Gasteiger partial charge is 0.498 e. The molecule has 104 valence electrons. The summed E-state index contributed by atoms with van der Waals surface area (Å²) in [7, 11) is 1.56. The fourth-order valence-electron chi connectivity index (χ4n) is 3.69. The van der Waals surface area contributed by atoms with Gasteiger partial charge >= 0.3 is 0 Å². The van der Waals surface area contributed by atoms with Crippen LogP contribution < -0.4 is 0 Å². The summed E-state index contributed by atoms with van der Waals surface area (Å²) in [6.45, 7) is 5.86. The van der Waals surface area contributed by atoms with E-state index in [-0.39, 0.29) is 35.1 Å². The average molecular weight is 264 g/mol. The summed E-state index contributed by atoms with van der Waals surface area (Å²) in [4.78, 5) is 24.8. The molecule has 0 spiro atoms. The molecule has 0 aromatic carbocycles. The van der Waals surface area contributed by atoms with Gasteiger partial charge in [0.1, 0.15) is 23.2 Å². The minimum atomic E-state index is -0.406. The molecule has 0 N–H and O–H groups in total. The van der Waals surface area contributed by atoms with Crippen molar-refractivity contribution in [2.75, 3.05) is 7.11 Å². The van der Waals surface area contributed by atoms with Crippen molar-refractivity contribution in [1.82, 2.24) is 0 Å². The summed E-state index contributed by atoms with van der Waals surface area (Å²) in [5, 5.41) is 0. The molecule has 1 heterocycles. The Morgan fingerprint density at radius 1 is 1.21 bits per heavy atom. The van der Waals surface area contributed by atoms with Crippen molar-refractivity contribution >= 4 is 11.6 Å². The SMILES string of the molecule is CO/C1=C/C(=O)[C@H]2CC(C)(C)C(=O)[C@@H]2C[C@@]2(C)O[C@@H]12. The first-order valence-corrected chi connectivity index (χ1v) is 6.80. The molecule has 0 radical (unpaired) electrons. The molecule has 3 aliphatic rings. The Morgan fingerprint density at radius 3 is 2.53 bits per heavy atom. The maximum absolute atomic E-state index is 12.5. The predicted octanol–water partition coefficient (Wildman–Crippen LogP) is 1.88. The minimum absolute atomic E-state index is 0.0123. The molecular weight excluding hydrogens is 244 g/mol. The van der Waals surface area contributed by atoms with Crippen LogP contribution in [-0.2, 0) is 19.1 Å². The molecule has 0 aromatic rings. The van der Waals surface area contributed by atoms with Crippen LogP contribution in [0.4, 0.5) is 0 Å². The van der Waals surface area contributed by atoms with Gasteiger partial charge in [0.2, 0.25) is 0 Å². The molecule has 0 amide bonds. The van der Waals surface area contributed by atoms with Gasteiger partial charge in [-0.15, -0.1) is 0 Å². The fourth-order valence-corrected chi connectivity index (χ4v) is 3.69. The molecule has 1 aliphatic heterocycles. The Kier molecular flexibility index (Phi) is 2.50. The number of rotatable bonds is 1. The highest BCUT2D eigenvalue weighted by Gasteiger charge is 2.62. The van der Waals surface area contributed by atoms with Gasteiger partial charge in [-0.1, -0.05) is 13.8 Å². The first-order valence-electron chi connectivity index (χ1n) is 6.80. The number of methoxy groups -OCH3 is 1. The summed E-state index contributed by atoms with van der Waals surface area (Å²) < 4.78 is 11.0. The molecule has 2 fully saturated rings. The molecule has 2 aliphatic carbocycles. The van der Waals surface area contributed by atoms with Gasteiger partial charge in [0.25, 0.3) is 0 Å². The number of ether oxygens (including phenoxy) is 2. The molecule has 1 saturated carbocycles. The van der Waals surface area contributed by atoms with Gasteiger partial charge in [0.05, 0.1) is 7.11 Å². The number of hydrogen-bond acceptors (Lipinski definition) is 4. The van der Waals surface area contributed by atoms with Crippen LogP contribution in [0.2, 0.25) is 0 Å². The Labute approximate surface area is 113 Å². The highest BCUT2D eigenvalue weighted by Crippen LogP contribution is 2.53. The molecule has 0 bridgehead atoms. The van der Waals surface area contributed by atoms with Crippen LogP contribution in [0.1, 0.15) is 33.6 Å². The third-order valence-corrected chi connectivity index (χ3v) is 4.87. The van der Waals surface area contributed by atoms with Crippen LogP contribution in [0.15, 0.2) is 11.8 Å². The van der Waals surface area contributed by atoms with E-state index in [4.69, 9.17) is 9.47 Å². The number of ketones is 2.